The smallest absolute Gasteiger partial charge is 0.264 e. The maximum Gasteiger partial charge on any atom is 0.264 e. The number of amides is 2. The van der Waals surface area contributed by atoms with Gasteiger partial charge in [-0.15, -0.1) is 0 Å². The van der Waals surface area contributed by atoms with Crippen molar-refractivity contribution in [2.45, 2.75) is 82.8 Å². The van der Waals surface area contributed by atoms with Gasteiger partial charge in [0.25, 0.3) is 10.0 Å². The van der Waals surface area contributed by atoms with E-state index in [0.29, 0.717) is 17.1 Å². The molecule has 1 atom stereocenters. The normalized spacial score (nSPS) is 14.7. The number of carbonyl (C=O) groups is 2. The Kier molecular flexibility index (Phi) is 10.7. The summed E-state index contributed by atoms with van der Waals surface area (Å²) in [5, 5.41) is 3.62. The monoisotopic (exact) mass is 609 g/mol. The molecule has 7 nitrogen and oxygen atoms in total. The van der Waals surface area contributed by atoms with E-state index in [1.165, 1.54) is 17.0 Å². The molecule has 1 saturated carbocycles. The first-order chi connectivity index (χ1) is 20.1. The number of anilines is 1. The van der Waals surface area contributed by atoms with Gasteiger partial charge in [-0.1, -0.05) is 85.3 Å². The largest absolute Gasteiger partial charge is 0.352 e. The minimum Gasteiger partial charge on any atom is -0.352 e. The number of hydrogen-bond donors (Lipinski definition) is 1. The SMILES string of the molecule is CC[C@@H](C(=O)NC1CCCCC1)N(Cc1cccc(C)c1)C(=O)CN(c1ccc(Cl)cc1)S(=O)(=O)c1ccc(C)cc1. The zero-order valence-corrected chi connectivity index (χ0v) is 26.1. The quantitative estimate of drug-likeness (QED) is 0.272. The summed E-state index contributed by atoms with van der Waals surface area (Å²) in [6.45, 7) is 5.43. The zero-order valence-electron chi connectivity index (χ0n) is 24.6. The number of hydrogen-bond acceptors (Lipinski definition) is 4. The van der Waals surface area contributed by atoms with Crippen LogP contribution in [0.4, 0.5) is 5.69 Å². The van der Waals surface area contributed by atoms with Gasteiger partial charge in [-0.3, -0.25) is 13.9 Å². The Hall–Kier alpha value is -3.36. The first-order valence-corrected chi connectivity index (χ1v) is 16.4. The van der Waals surface area contributed by atoms with E-state index < -0.39 is 28.5 Å². The highest BCUT2D eigenvalue weighted by Crippen LogP contribution is 2.27. The van der Waals surface area contributed by atoms with Crippen LogP contribution < -0.4 is 9.62 Å². The van der Waals surface area contributed by atoms with E-state index in [1.54, 1.807) is 36.4 Å². The Balaban J connectivity index is 1.70. The minimum atomic E-state index is -4.13. The van der Waals surface area contributed by atoms with Crippen molar-refractivity contribution in [3.8, 4) is 0 Å². The van der Waals surface area contributed by atoms with Crippen LogP contribution >= 0.6 is 11.6 Å². The number of sulfonamides is 1. The summed E-state index contributed by atoms with van der Waals surface area (Å²) in [6, 6.07) is 20.0. The van der Waals surface area contributed by atoms with Gasteiger partial charge in [0.2, 0.25) is 11.8 Å². The Morgan fingerprint density at radius 1 is 0.929 bits per heavy atom. The van der Waals surface area contributed by atoms with E-state index in [2.05, 4.69) is 5.32 Å². The van der Waals surface area contributed by atoms with E-state index in [9.17, 15) is 18.0 Å². The predicted molar refractivity (Wildman–Crippen MR) is 168 cm³/mol. The zero-order chi connectivity index (χ0) is 30.3. The standard InChI is InChI=1S/C33H40ClN3O4S/c1-4-31(33(39)35-28-11-6-5-7-12-28)36(22-26-10-8-9-25(3)21-26)32(38)23-37(29-17-15-27(34)16-18-29)42(40,41)30-19-13-24(2)14-20-30/h8-10,13-21,28,31H,4-7,11-12,22-23H2,1-3H3,(H,35,39)/t31-/m0/s1. The molecule has 1 N–H and O–H groups in total. The van der Waals surface area contributed by atoms with Crippen LogP contribution in [0.5, 0.6) is 0 Å². The van der Waals surface area contributed by atoms with E-state index in [1.807, 2.05) is 45.0 Å². The van der Waals surface area contributed by atoms with Crippen LogP contribution in [0.1, 0.15) is 62.1 Å². The lowest BCUT2D eigenvalue weighted by Crippen LogP contribution is -2.54. The third kappa shape index (κ3) is 7.92. The van der Waals surface area contributed by atoms with Gasteiger partial charge < -0.3 is 10.2 Å². The van der Waals surface area contributed by atoms with E-state index >= 15 is 0 Å². The number of rotatable bonds is 11. The van der Waals surface area contributed by atoms with Crippen LogP contribution in [-0.4, -0.2) is 43.8 Å². The van der Waals surface area contributed by atoms with Gasteiger partial charge in [-0.05, 0) is 75.1 Å². The van der Waals surface area contributed by atoms with Crippen LogP contribution in [0.25, 0.3) is 0 Å². The summed E-state index contributed by atoms with van der Waals surface area (Å²) in [4.78, 5) is 29.5. The van der Waals surface area contributed by atoms with Crippen LogP contribution in [-0.2, 0) is 26.2 Å². The number of nitrogens with one attached hydrogen (secondary N) is 1. The van der Waals surface area contributed by atoms with Gasteiger partial charge in [-0.2, -0.15) is 0 Å². The minimum absolute atomic E-state index is 0.0724. The van der Waals surface area contributed by atoms with Crippen molar-refractivity contribution in [3.05, 3.63) is 94.5 Å². The van der Waals surface area contributed by atoms with Crippen LogP contribution in [0, 0.1) is 13.8 Å². The van der Waals surface area contributed by atoms with Crippen molar-refractivity contribution in [1.29, 1.82) is 0 Å². The Morgan fingerprint density at radius 3 is 2.21 bits per heavy atom. The van der Waals surface area contributed by atoms with Crippen molar-refractivity contribution in [2.24, 2.45) is 0 Å². The molecular weight excluding hydrogens is 570 g/mol. The fraction of sp³-hybridized carbons (Fsp3) is 0.394. The average molecular weight is 610 g/mol. The van der Waals surface area contributed by atoms with Crippen LogP contribution in [0.15, 0.2) is 77.7 Å². The molecule has 42 heavy (non-hydrogen) atoms. The molecule has 1 aliphatic rings. The van der Waals surface area contributed by atoms with E-state index in [4.69, 9.17) is 11.6 Å². The van der Waals surface area contributed by atoms with Gasteiger partial charge in [0, 0.05) is 17.6 Å². The Labute approximate surface area is 254 Å². The third-order valence-corrected chi connectivity index (χ3v) is 9.82. The van der Waals surface area contributed by atoms with E-state index in [0.717, 1.165) is 53.1 Å². The molecule has 0 aromatic heterocycles. The van der Waals surface area contributed by atoms with Crippen LogP contribution in [0.3, 0.4) is 0 Å². The molecule has 0 bridgehead atoms. The van der Waals surface area contributed by atoms with Crippen molar-refractivity contribution in [2.75, 3.05) is 10.8 Å². The van der Waals surface area contributed by atoms with Crippen LogP contribution in [0.2, 0.25) is 5.02 Å². The molecule has 224 valence electrons. The summed E-state index contributed by atoms with van der Waals surface area (Å²) >= 11 is 6.11. The molecule has 9 heteroatoms. The Bertz CT molecular complexity index is 1470. The average Bonchev–Trinajstić information content (AvgIpc) is 2.97. The molecule has 0 spiro atoms. The van der Waals surface area contributed by atoms with Crippen molar-refractivity contribution in [1.82, 2.24) is 10.2 Å². The Morgan fingerprint density at radius 2 is 1.60 bits per heavy atom. The second kappa shape index (κ2) is 14.2. The molecule has 4 rings (SSSR count). The molecule has 0 unspecified atom stereocenters. The predicted octanol–water partition coefficient (Wildman–Crippen LogP) is 6.41. The van der Waals surface area contributed by atoms with Gasteiger partial charge in [-0.25, -0.2) is 8.42 Å². The number of halogens is 1. The maximum atomic E-state index is 14.2. The first kappa shape index (κ1) is 31.6. The molecule has 0 heterocycles. The maximum absolute atomic E-state index is 14.2. The first-order valence-electron chi connectivity index (χ1n) is 14.6. The lowest BCUT2D eigenvalue weighted by Gasteiger charge is -2.34. The second-order valence-corrected chi connectivity index (χ2v) is 13.4. The number of nitrogens with zero attached hydrogens (tertiary/aromatic N) is 2. The summed E-state index contributed by atoms with van der Waals surface area (Å²) in [5.41, 5.74) is 3.13. The molecule has 3 aromatic carbocycles. The lowest BCUT2D eigenvalue weighted by molar-refractivity contribution is -0.140. The summed E-state index contributed by atoms with van der Waals surface area (Å²) < 4.78 is 29.0. The van der Waals surface area contributed by atoms with Crippen molar-refractivity contribution in [3.63, 3.8) is 0 Å². The molecule has 3 aromatic rings. The van der Waals surface area contributed by atoms with Gasteiger partial charge in [0.15, 0.2) is 0 Å². The molecule has 1 aliphatic carbocycles. The third-order valence-electron chi connectivity index (χ3n) is 7.78. The second-order valence-electron chi connectivity index (χ2n) is 11.1. The highest BCUT2D eigenvalue weighted by atomic mass is 35.5. The van der Waals surface area contributed by atoms with E-state index in [-0.39, 0.29) is 23.4 Å². The highest BCUT2D eigenvalue weighted by Gasteiger charge is 2.34. The number of benzene rings is 3. The molecule has 0 saturated heterocycles. The summed E-state index contributed by atoms with van der Waals surface area (Å²) in [5.74, 6) is -0.669. The molecule has 1 fully saturated rings. The molecule has 0 aliphatic heterocycles. The highest BCUT2D eigenvalue weighted by molar-refractivity contribution is 7.92. The van der Waals surface area contributed by atoms with Gasteiger partial charge in [0.05, 0.1) is 10.6 Å². The topological polar surface area (TPSA) is 86.8 Å². The number of carbonyl (C=O) groups excluding carboxylic acids is 2. The molecular formula is C33H40ClN3O4S. The fourth-order valence-electron chi connectivity index (χ4n) is 5.44. The van der Waals surface area contributed by atoms with Gasteiger partial charge in [0.1, 0.15) is 12.6 Å². The molecule has 0 radical (unpaired) electrons. The van der Waals surface area contributed by atoms with Crippen molar-refractivity contribution < 1.29 is 18.0 Å². The molecule has 2 amide bonds. The van der Waals surface area contributed by atoms with Crippen molar-refractivity contribution >= 4 is 39.1 Å². The summed E-state index contributed by atoms with van der Waals surface area (Å²) in [6.07, 6.45) is 5.54. The lowest BCUT2D eigenvalue weighted by atomic mass is 9.95. The fourth-order valence-corrected chi connectivity index (χ4v) is 6.98. The summed E-state index contributed by atoms with van der Waals surface area (Å²) in [7, 11) is -4.13. The number of aryl methyl sites for hydroxylation is 2. The van der Waals surface area contributed by atoms with Gasteiger partial charge >= 0.3 is 0 Å².